The lowest BCUT2D eigenvalue weighted by Crippen LogP contribution is -2.35. The van der Waals surface area contributed by atoms with E-state index in [0.29, 0.717) is 13.1 Å². The molecule has 1 aromatic rings. The third-order valence-electron chi connectivity index (χ3n) is 3.64. The first-order valence-electron chi connectivity index (χ1n) is 7.02. The summed E-state index contributed by atoms with van der Waals surface area (Å²) >= 11 is 6.06. The molecule has 1 fully saturated rings. The highest BCUT2D eigenvalue weighted by Crippen LogP contribution is 2.25. The number of nitrogens with zero attached hydrogens (tertiary/aromatic N) is 1. The lowest BCUT2D eigenvalue weighted by atomic mass is 10.1. The van der Waals surface area contributed by atoms with Crippen molar-refractivity contribution in [1.82, 2.24) is 4.90 Å². The number of likely N-dealkylation sites (tertiary alicyclic amines) is 1. The van der Waals surface area contributed by atoms with E-state index in [9.17, 15) is 13.2 Å². The number of carbonyl (C=O) groups is 1. The van der Waals surface area contributed by atoms with Crippen LogP contribution in [0.5, 0.6) is 0 Å². The minimum atomic E-state index is -3.99. The highest BCUT2D eigenvalue weighted by molar-refractivity contribution is 7.89. The molecule has 7 heteroatoms. The van der Waals surface area contributed by atoms with Crippen LogP contribution >= 0.6 is 11.6 Å². The largest absolute Gasteiger partial charge is 0.339 e. The van der Waals surface area contributed by atoms with Crippen molar-refractivity contribution in [3.05, 3.63) is 28.8 Å². The molecular weight excluding hydrogens is 312 g/mol. The molecule has 116 valence electrons. The van der Waals surface area contributed by atoms with Crippen LogP contribution in [-0.4, -0.2) is 32.3 Å². The molecule has 2 N–H and O–H groups in total. The van der Waals surface area contributed by atoms with Gasteiger partial charge in [0.25, 0.3) is 5.91 Å². The molecule has 0 spiro atoms. The van der Waals surface area contributed by atoms with E-state index in [4.69, 9.17) is 16.7 Å². The van der Waals surface area contributed by atoms with Crippen LogP contribution in [0.25, 0.3) is 0 Å². The summed E-state index contributed by atoms with van der Waals surface area (Å²) in [6.07, 6.45) is 5.17. The Kier molecular flexibility index (Phi) is 5.24. The number of primary sulfonamides is 1. The van der Waals surface area contributed by atoms with Crippen LogP contribution in [0.4, 0.5) is 0 Å². The fraction of sp³-hybridized carbons (Fsp3) is 0.500. The summed E-state index contributed by atoms with van der Waals surface area (Å²) in [7, 11) is -3.99. The van der Waals surface area contributed by atoms with E-state index in [1.807, 2.05) is 0 Å². The maximum absolute atomic E-state index is 12.7. The van der Waals surface area contributed by atoms with Crippen molar-refractivity contribution in [3.8, 4) is 0 Å². The Morgan fingerprint density at radius 1 is 1.10 bits per heavy atom. The Morgan fingerprint density at radius 3 is 2.24 bits per heavy atom. The summed E-state index contributed by atoms with van der Waals surface area (Å²) in [6, 6.07) is 4.30. The summed E-state index contributed by atoms with van der Waals surface area (Å²) in [5.74, 6) is -0.355. The van der Waals surface area contributed by atoms with E-state index in [-0.39, 0.29) is 21.4 Å². The van der Waals surface area contributed by atoms with Gasteiger partial charge in [0.2, 0.25) is 10.0 Å². The second-order valence-electron chi connectivity index (χ2n) is 5.22. The molecule has 1 aliphatic rings. The summed E-state index contributed by atoms with van der Waals surface area (Å²) in [5.41, 5.74) is -0.0118. The van der Waals surface area contributed by atoms with Gasteiger partial charge in [-0.2, -0.15) is 0 Å². The SMILES string of the molecule is NS(=O)(=O)c1cccc(Cl)c1C(=O)N1CCCCCCC1. The second kappa shape index (κ2) is 6.77. The first-order valence-corrected chi connectivity index (χ1v) is 8.94. The number of halogens is 1. The van der Waals surface area contributed by atoms with Gasteiger partial charge < -0.3 is 4.90 Å². The van der Waals surface area contributed by atoms with Gasteiger partial charge in [-0.15, -0.1) is 0 Å². The van der Waals surface area contributed by atoms with Crippen molar-refractivity contribution in [3.63, 3.8) is 0 Å². The van der Waals surface area contributed by atoms with Crippen LogP contribution in [0.2, 0.25) is 5.02 Å². The van der Waals surface area contributed by atoms with Gasteiger partial charge >= 0.3 is 0 Å². The second-order valence-corrected chi connectivity index (χ2v) is 7.15. The number of hydrogen-bond donors (Lipinski definition) is 1. The average molecular weight is 331 g/mol. The van der Waals surface area contributed by atoms with E-state index in [0.717, 1.165) is 25.7 Å². The first kappa shape index (κ1) is 16.3. The molecule has 1 aliphatic heterocycles. The molecule has 1 aromatic carbocycles. The fourth-order valence-electron chi connectivity index (χ4n) is 2.56. The van der Waals surface area contributed by atoms with Crippen molar-refractivity contribution < 1.29 is 13.2 Å². The molecule has 0 aromatic heterocycles. The van der Waals surface area contributed by atoms with Gasteiger partial charge in [-0.25, -0.2) is 13.6 Å². The third-order valence-corrected chi connectivity index (χ3v) is 4.91. The van der Waals surface area contributed by atoms with Gasteiger partial charge in [0, 0.05) is 13.1 Å². The predicted octanol–water partition coefficient (Wildman–Crippen LogP) is 2.39. The lowest BCUT2D eigenvalue weighted by molar-refractivity contribution is 0.0738. The quantitative estimate of drug-likeness (QED) is 0.904. The molecule has 21 heavy (non-hydrogen) atoms. The smallest absolute Gasteiger partial charge is 0.256 e. The molecule has 2 rings (SSSR count). The standard InChI is InChI=1S/C14H19ClN2O3S/c15-11-7-6-8-12(21(16,19)20)13(11)14(18)17-9-4-2-1-3-5-10-17/h6-8H,1-5,9-10H2,(H2,16,19,20). The van der Waals surface area contributed by atoms with E-state index < -0.39 is 10.0 Å². The topological polar surface area (TPSA) is 80.5 Å². The Morgan fingerprint density at radius 2 is 1.67 bits per heavy atom. The number of hydrogen-bond acceptors (Lipinski definition) is 3. The van der Waals surface area contributed by atoms with E-state index in [1.54, 1.807) is 4.90 Å². The molecular formula is C14H19ClN2O3S. The van der Waals surface area contributed by atoms with Gasteiger partial charge in [-0.3, -0.25) is 4.79 Å². The third kappa shape index (κ3) is 3.96. The van der Waals surface area contributed by atoms with Gasteiger partial charge in [-0.05, 0) is 25.0 Å². The van der Waals surface area contributed by atoms with Crippen molar-refractivity contribution in [2.75, 3.05) is 13.1 Å². The molecule has 0 radical (unpaired) electrons. The molecule has 0 unspecified atom stereocenters. The Labute approximate surface area is 130 Å². The number of carbonyl (C=O) groups excluding carboxylic acids is 1. The van der Waals surface area contributed by atoms with Gasteiger partial charge in [0.1, 0.15) is 0 Å². The summed E-state index contributed by atoms with van der Waals surface area (Å²) in [5, 5.41) is 5.31. The van der Waals surface area contributed by atoms with Crippen molar-refractivity contribution in [2.45, 2.75) is 37.0 Å². The Hall–Kier alpha value is -1.11. The molecule has 1 amide bonds. The first-order chi connectivity index (χ1) is 9.91. The minimum Gasteiger partial charge on any atom is -0.339 e. The number of nitrogens with two attached hydrogens (primary N) is 1. The van der Waals surface area contributed by atoms with Crippen LogP contribution < -0.4 is 5.14 Å². The summed E-state index contributed by atoms with van der Waals surface area (Å²) < 4.78 is 23.3. The van der Waals surface area contributed by atoms with Crippen molar-refractivity contribution >= 4 is 27.5 Å². The normalized spacial score (nSPS) is 17.1. The lowest BCUT2D eigenvalue weighted by Gasteiger charge is -2.26. The van der Waals surface area contributed by atoms with Crippen LogP contribution in [0, 0.1) is 0 Å². The van der Waals surface area contributed by atoms with Crippen LogP contribution in [-0.2, 0) is 10.0 Å². The van der Waals surface area contributed by atoms with Crippen LogP contribution in [0.1, 0.15) is 42.5 Å². The zero-order valence-electron chi connectivity index (χ0n) is 11.7. The minimum absolute atomic E-state index is 0.0118. The van der Waals surface area contributed by atoms with Crippen molar-refractivity contribution in [1.29, 1.82) is 0 Å². The highest BCUT2D eigenvalue weighted by atomic mass is 35.5. The summed E-state index contributed by atoms with van der Waals surface area (Å²) in [6.45, 7) is 1.24. The van der Waals surface area contributed by atoms with Crippen molar-refractivity contribution in [2.24, 2.45) is 5.14 Å². The molecule has 0 bridgehead atoms. The number of sulfonamides is 1. The Bertz CT molecular complexity index is 623. The molecule has 0 atom stereocenters. The molecule has 0 aliphatic carbocycles. The molecule has 1 saturated heterocycles. The molecule has 1 heterocycles. The average Bonchev–Trinajstić information content (AvgIpc) is 2.36. The number of rotatable bonds is 2. The van der Waals surface area contributed by atoms with Gasteiger partial charge in [-0.1, -0.05) is 36.9 Å². The summed E-state index contributed by atoms with van der Waals surface area (Å²) in [4.78, 5) is 14.1. The van der Waals surface area contributed by atoms with E-state index in [2.05, 4.69) is 0 Å². The zero-order chi connectivity index (χ0) is 15.5. The predicted molar refractivity (Wildman–Crippen MR) is 81.8 cm³/mol. The maximum Gasteiger partial charge on any atom is 0.256 e. The van der Waals surface area contributed by atoms with Crippen LogP contribution in [0.3, 0.4) is 0 Å². The fourth-order valence-corrected chi connectivity index (χ4v) is 3.62. The van der Waals surface area contributed by atoms with E-state index in [1.165, 1.54) is 24.6 Å². The van der Waals surface area contributed by atoms with Crippen LogP contribution in [0.15, 0.2) is 23.1 Å². The number of benzene rings is 1. The monoisotopic (exact) mass is 330 g/mol. The maximum atomic E-state index is 12.7. The molecule has 5 nitrogen and oxygen atoms in total. The highest BCUT2D eigenvalue weighted by Gasteiger charge is 2.26. The Balaban J connectivity index is 2.38. The van der Waals surface area contributed by atoms with Gasteiger partial charge in [0.05, 0.1) is 15.5 Å². The number of amides is 1. The van der Waals surface area contributed by atoms with E-state index >= 15 is 0 Å². The zero-order valence-corrected chi connectivity index (χ0v) is 13.3. The molecule has 0 saturated carbocycles. The van der Waals surface area contributed by atoms with Gasteiger partial charge in [0.15, 0.2) is 0 Å².